The molecule has 0 radical (unpaired) electrons. The van der Waals surface area contributed by atoms with Crippen LogP contribution in [0.4, 0.5) is 14.5 Å². The minimum Gasteiger partial charge on any atom is -0.507 e. The predicted octanol–water partition coefficient (Wildman–Crippen LogP) is 4.27. The lowest BCUT2D eigenvalue weighted by atomic mass is 10.1. The van der Waals surface area contributed by atoms with E-state index >= 15 is 0 Å². The zero-order chi connectivity index (χ0) is 20.7. The van der Waals surface area contributed by atoms with E-state index in [-0.39, 0.29) is 34.5 Å². The van der Waals surface area contributed by atoms with Crippen LogP contribution in [-0.2, 0) is 6.61 Å². The summed E-state index contributed by atoms with van der Waals surface area (Å²) in [6.45, 7) is -0.301. The first-order chi connectivity index (χ1) is 13.9. The highest BCUT2D eigenvalue weighted by molar-refractivity contribution is 6.34. The Hall–Kier alpha value is -2.97. The number of phenolic OH excluding ortho intramolecular Hbond substituents is 1. The first-order valence-electron chi connectivity index (χ1n) is 8.86. The molecule has 3 N–H and O–H groups in total. The quantitative estimate of drug-likeness (QED) is 0.576. The molecule has 1 fully saturated rings. The number of phenols is 1. The van der Waals surface area contributed by atoms with Crippen LogP contribution >= 0.6 is 11.6 Å². The molecule has 29 heavy (non-hydrogen) atoms. The Morgan fingerprint density at radius 1 is 1.24 bits per heavy atom. The third kappa shape index (κ3) is 3.68. The molecule has 3 aromatic rings. The summed E-state index contributed by atoms with van der Waals surface area (Å²) in [6, 6.07) is 7.52. The van der Waals surface area contributed by atoms with Gasteiger partial charge in [0.05, 0.1) is 40.3 Å². The maximum Gasteiger partial charge on any atom is 0.259 e. The molecule has 150 valence electrons. The van der Waals surface area contributed by atoms with Crippen molar-refractivity contribution in [2.45, 2.75) is 25.5 Å². The lowest BCUT2D eigenvalue weighted by Crippen LogP contribution is -2.14. The van der Waals surface area contributed by atoms with Gasteiger partial charge in [0, 0.05) is 5.56 Å². The fourth-order valence-electron chi connectivity index (χ4n) is 3.06. The molecule has 1 aromatic heterocycles. The van der Waals surface area contributed by atoms with Crippen molar-refractivity contribution in [2.75, 3.05) is 5.32 Å². The van der Waals surface area contributed by atoms with Gasteiger partial charge in [-0.15, -0.1) is 0 Å². The molecular formula is C20H16ClF2N3O3. The molecule has 1 aliphatic carbocycles. The fraction of sp³-hybridized carbons (Fsp3) is 0.200. The number of aliphatic hydroxyl groups excluding tert-OH is 1. The number of halogens is 3. The summed E-state index contributed by atoms with van der Waals surface area (Å²) in [6.07, 6.45) is 1.77. The molecule has 6 nitrogen and oxygen atoms in total. The van der Waals surface area contributed by atoms with Crippen LogP contribution < -0.4 is 5.32 Å². The van der Waals surface area contributed by atoms with Crippen LogP contribution in [0.25, 0.3) is 11.3 Å². The van der Waals surface area contributed by atoms with Gasteiger partial charge in [0.25, 0.3) is 5.91 Å². The Kier molecular flexibility index (Phi) is 4.97. The smallest absolute Gasteiger partial charge is 0.259 e. The van der Waals surface area contributed by atoms with E-state index in [1.165, 1.54) is 18.2 Å². The molecule has 9 heteroatoms. The molecule has 1 heterocycles. The van der Waals surface area contributed by atoms with E-state index in [9.17, 15) is 23.8 Å². The summed E-state index contributed by atoms with van der Waals surface area (Å²) in [5, 5.41) is 26.2. The Balaban J connectivity index is 1.69. The molecule has 1 amide bonds. The summed E-state index contributed by atoms with van der Waals surface area (Å²) in [4.78, 5) is 12.5. The number of nitrogens with one attached hydrogen (secondary N) is 1. The number of carbonyl (C=O) groups excluding carboxylic acids is 1. The Labute approximate surface area is 169 Å². The number of para-hydroxylation sites is 1. The monoisotopic (exact) mass is 419 g/mol. The maximum atomic E-state index is 14.9. The highest BCUT2D eigenvalue weighted by Gasteiger charge is 2.29. The number of hydrogen-bond donors (Lipinski definition) is 3. The molecular weight excluding hydrogens is 404 g/mol. The zero-order valence-corrected chi connectivity index (χ0v) is 15.7. The topological polar surface area (TPSA) is 87.4 Å². The van der Waals surface area contributed by atoms with E-state index in [4.69, 9.17) is 11.6 Å². The number of nitrogens with zero attached hydrogens (tertiary/aromatic N) is 2. The Bertz CT molecular complexity index is 1090. The van der Waals surface area contributed by atoms with Crippen LogP contribution in [0.15, 0.2) is 36.4 Å². The van der Waals surface area contributed by atoms with Crippen LogP contribution in [0.2, 0.25) is 5.02 Å². The van der Waals surface area contributed by atoms with Gasteiger partial charge >= 0.3 is 0 Å². The van der Waals surface area contributed by atoms with Crippen molar-refractivity contribution in [3.63, 3.8) is 0 Å². The van der Waals surface area contributed by atoms with Crippen LogP contribution in [0.5, 0.6) is 5.75 Å². The average molecular weight is 420 g/mol. The molecule has 4 rings (SSSR count). The highest BCUT2D eigenvalue weighted by Crippen LogP contribution is 2.40. The molecule has 0 aliphatic heterocycles. The summed E-state index contributed by atoms with van der Waals surface area (Å²) in [5.74, 6) is -2.92. The molecule has 0 bridgehead atoms. The summed E-state index contributed by atoms with van der Waals surface area (Å²) in [7, 11) is 0. The second-order valence-electron chi connectivity index (χ2n) is 6.75. The fourth-order valence-corrected chi connectivity index (χ4v) is 3.27. The van der Waals surface area contributed by atoms with Gasteiger partial charge in [0.2, 0.25) is 0 Å². The lowest BCUT2D eigenvalue weighted by molar-refractivity contribution is 0.102. The van der Waals surface area contributed by atoms with Gasteiger partial charge in [-0.1, -0.05) is 17.7 Å². The van der Waals surface area contributed by atoms with Crippen molar-refractivity contribution in [3.8, 4) is 17.0 Å². The van der Waals surface area contributed by atoms with Crippen molar-refractivity contribution in [1.29, 1.82) is 0 Å². The van der Waals surface area contributed by atoms with E-state index in [0.717, 1.165) is 31.0 Å². The predicted molar refractivity (Wildman–Crippen MR) is 103 cm³/mol. The largest absolute Gasteiger partial charge is 0.507 e. The summed E-state index contributed by atoms with van der Waals surface area (Å²) in [5.41, 5.74) is 0.185. The van der Waals surface area contributed by atoms with E-state index in [0.29, 0.717) is 11.4 Å². The van der Waals surface area contributed by atoms with Crippen molar-refractivity contribution in [2.24, 2.45) is 0 Å². The number of benzene rings is 2. The van der Waals surface area contributed by atoms with Gasteiger partial charge in [-0.3, -0.25) is 9.48 Å². The minimum atomic E-state index is -0.910. The molecule has 0 spiro atoms. The van der Waals surface area contributed by atoms with Gasteiger partial charge in [-0.2, -0.15) is 5.10 Å². The van der Waals surface area contributed by atoms with Crippen LogP contribution in [-0.4, -0.2) is 25.9 Å². The van der Waals surface area contributed by atoms with Gasteiger partial charge in [0.1, 0.15) is 17.4 Å². The van der Waals surface area contributed by atoms with Gasteiger partial charge in [-0.05, 0) is 43.2 Å². The number of anilines is 1. The number of aliphatic hydroxyl groups is 1. The van der Waals surface area contributed by atoms with Crippen LogP contribution in [0.1, 0.15) is 34.9 Å². The first-order valence-corrected chi connectivity index (χ1v) is 9.24. The SMILES string of the molecule is O=C(Nc1c(F)cccc1Cl)c1cc(F)c(-c2cc(CO)nn2C2CC2)cc1O. The van der Waals surface area contributed by atoms with Gasteiger partial charge in [-0.25, -0.2) is 8.78 Å². The van der Waals surface area contributed by atoms with E-state index in [2.05, 4.69) is 10.4 Å². The molecule has 0 saturated heterocycles. The zero-order valence-electron chi connectivity index (χ0n) is 15.0. The van der Waals surface area contributed by atoms with Crippen molar-refractivity contribution >= 4 is 23.2 Å². The van der Waals surface area contributed by atoms with Crippen molar-refractivity contribution in [1.82, 2.24) is 9.78 Å². The third-order valence-electron chi connectivity index (χ3n) is 4.65. The minimum absolute atomic E-state index is 0.0280. The number of hydrogen-bond acceptors (Lipinski definition) is 4. The van der Waals surface area contributed by atoms with E-state index in [1.54, 1.807) is 4.68 Å². The third-order valence-corrected chi connectivity index (χ3v) is 4.96. The molecule has 1 saturated carbocycles. The highest BCUT2D eigenvalue weighted by atomic mass is 35.5. The number of aromatic nitrogens is 2. The molecule has 2 aromatic carbocycles. The number of carbonyl (C=O) groups is 1. The van der Waals surface area contributed by atoms with Crippen LogP contribution in [0.3, 0.4) is 0 Å². The first kappa shape index (κ1) is 19.4. The average Bonchev–Trinajstić information content (AvgIpc) is 3.45. The number of aromatic hydroxyl groups is 1. The Morgan fingerprint density at radius 3 is 2.66 bits per heavy atom. The standard InChI is InChI=1S/C20H16ClF2N3O3/c21-14-2-1-3-15(22)19(14)24-20(29)13-7-16(23)12(8-18(13)28)17-6-10(9-27)25-26(17)11-4-5-11/h1-3,6-8,11,27-28H,4-5,9H2,(H,24,29). The normalized spacial score (nSPS) is 13.5. The lowest BCUT2D eigenvalue weighted by Gasteiger charge is -2.12. The van der Waals surface area contributed by atoms with E-state index in [1.807, 2.05) is 0 Å². The Morgan fingerprint density at radius 2 is 2.00 bits per heavy atom. The van der Waals surface area contributed by atoms with Crippen molar-refractivity contribution < 1.29 is 23.8 Å². The second-order valence-corrected chi connectivity index (χ2v) is 7.16. The maximum absolute atomic E-state index is 14.9. The van der Waals surface area contributed by atoms with Gasteiger partial charge < -0.3 is 15.5 Å². The van der Waals surface area contributed by atoms with Crippen LogP contribution in [0, 0.1) is 11.6 Å². The summed E-state index contributed by atoms with van der Waals surface area (Å²) >= 11 is 5.88. The molecule has 1 aliphatic rings. The number of amides is 1. The molecule has 0 unspecified atom stereocenters. The second kappa shape index (κ2) is 7.46. The summed E-state index contributed by atoms with van der Waals surface area (Å²) < 4.78 is 30.4. The van der Waals surface area contributed by atoms with E-state index < -0.39 is 23.3 Å². The van der Waals surface area contributed by atoms with Gasteiger partial charge in [0.15, 0.2) is 0 Å². The number of rotatable bonds is 5. The van der Waals surface area contributed by atoms with Crippen molar-refractivity contribution in [3.05, 3.63) is 64.3 Å². The molecule has 0 atom stereocenters.